The Morgan fingerprint density at radius 2 is 0.515 bits per heavy atom. The number of fused-ring (bicyclic) bond motifs is 14. The molecule has 0 atom stereocenters. The fourth-order valence-electron chi connectivity index (χ4n) is 11.3. The first-order valence-electron chi connectivity index (χ1n) is 23.6. The Morgan fingerprint density at radius 1 is 0.191 bits per heavy atom. The van der Waals surface area contributed by atoms with Crippen LogP contribution in [0.15, 0.2) is 273 Å². The van der Waals surface area contributed by atoms with Gasteiger partial charge in [-0.1, -0.05) is 231 Å². The number of hydrogen-bond acceptors (Lipinski definition) is 1. The van der Waals surface area contributed by atoms with Gasteiger partial charge in [-0.3, -0.25) is 0 Å². The van der Waals surface area contributed by atoms with Crippen LogP contribution in [0.1, 0.15) is 22.3 Å². The molecule has 2 aliphatic carbocycles. The fraction of sp³-hybridized carbons (Fsp3) is 0.0149. The van der Waals surface area contributed by atoms with E-state index in [9.17, 15) is 0 Å². The van der Waals surface area contributed by atoms with E-state index in [2.05, 4.69) is 278 Å². The van der Waals surface area contributed by atoms with Gasteiger partial charge in [0.1, 0.15) is 0 Å². The summed E-state index contributed by atoms with van der Waals surface area (Å²) in [6.45, 7) is 0. The highest BCUT2D eigenvalue weighted by Crippen LogP contribution is 2.61. The van der Waals surface area contributed by atoms with Gasteiger partial charge in [-0.05, 0) is 143 Å². The maximum Gasteiger partial charge on any atom is 0.0725 e. The van der Waals surface area contributed by atoms with E-state index in [-0.39, 0.29) is 0 Å². The summed E-state index contributed by atoms with van der Waals surface area (Å²) in [5.41, 5.74) is 25.1. The molecule has 0 amide bonds. The molecule has 318 valence electrons. The van der Waals surface area contributed by atoms with Crippen LogP contribution < -0.4 is 4.90 Å². The average Bonchev–Trinajstić information content (AvgIpc) is 3.73. The molecule has 11 aromatic rings. The second kappa shape index (κ2) is 16.3. The topological polar surface area (TPSA) is 3.24 Å². The summed E-state index contributed by atoms with van der Waals surface area (Å²) in [5, 5.41) is 0. The number of rotatable bonds is 6. The van der Waals surface area contributed by atoms with Crippen molar-refractivity contribution in [1.82, 2.24) is 0 Å². The molecule has 0 bridgehead atoms. The molecule has 0 fully saturated rings. The molecule has 2 aliphatic rings. The van der Waals surface area contributed by atoms with Gasteiger partial charge in [-0.15, -0.1) is 0 Å². The van der Waals surface area contributed by atoms with Crippen LogP contribution in [-0.2, 0) is 5.41 Å². The Bertz CT molecular complexity index is 3620. The van der Waals surface area contributed by atoms with Gasteiger partial charge in [-0.25, -0.2) is 0 Å². The van der Waals surface area contributed by atoms with E-state index in [0.29, 0.717) is 0 Å². The molecule has 0 N–H and O–H groups in total. The third-order valence-electron chi connectivity index (χ3n) is 14.3. The summed E-state index contributed by atoms with van der Waals surface area (Å²) in [4.78, 5) is 2.36. The minimum Gasteiger partial charge on any atom is -0.310 e. The number of benzene rings is 11. The van der Waals surface area contributed by atoms with E-state index in [4.69, 9.17) is 0 Å². The van der Waals surface area contributed by atoms with Gasteiger partial charge in [-0.2, -0.15) is 0 Å². The van der Waals surface area contributed by atoms with E-state index in [0.717, 1.165) is 22.6 Å². The van der Waals surface area contributed by atoms with Crippen LogP contribution in [-0.4, -0.2) is 0 Å². The molecule has 0 saturated heterocycles. The van der Waals surface area contributed by atoms with Gasteiger partial charge >= 0.3 is 0 Å². The van der Waals surface area contributed by atoms with Crippen molar-refractivity contribution in [1.29, 1.82) is 0 Å². The quantitative estimate of drug-likeness (QED) is 0.161. The molecule has 13 rings (SSSR count). The molecule has 0 aromatic heterocycles. The van der Waals surface area contributed by atoms with Gasteiger partial charge in [0.2, 0.25) is 0 Å². The minimum absolute atomic E-state index is 0.547. The van der Waals surface area contributed by atoms with Crippen LogP contribution in [0.2, 0.25) is 0 Å². The lowest BCUT2D eigenvalue weighted by Crippen LogP contribution is -2.30. The van der Waals surface area contributed by atoms with Gasteiger partial charge in [0.15, 0.2) is 0 Å². The molecule has 0 saturated carbocycles. The van der Waals surface area contributed by atoms with E-state index in [1.807, 2.05) is 0 Å². The molecule has 68 heavy (non-hydrogen) atoms. The number of para-hydroxylation sites is 1. The Morgan fingerprint density at radius 3 is 1.04 bits per heavy atom. The highest BCUT2D eigenvalue weighted by atomic mass is 15.1. The van der Waals surface area contributed by atoms with Gasteiger partial charge < -0.3 is 4.90 Å². The van der Waals surface area contributed by atoms with Crippen LogP contribution >= 0.6 is 0 Å². The third-order valence-corrected chi connectivity index (χ3v) is 14.3. The smallest absolute Gasteiger partial charge is 0.0725 e. The predicted octanol–water partition coefficient (Wildman–Crippen LogP) is 17.8. The fourth-order valence-corrected chi connectivity index (χ4v) is 11.3. The Balaban J connectivity index is 0.956. The largest absolute Gasteiger partial charge is 0.310 e. The van der Waals surface area contributed by atoms with Crippen LogP contribution in [0, 0.1) is 0 Å². The maximum absolute atomic E-state index is 2.44. The number of anilines is 3. The summed E-state index contributed by atoms with van der Waals surface area (Å²) in [7, 11) is 0. The lowest BCUT2D eigenvalue weighted by Gasteiger charge is -2.36. The molecule has 1 spiro atoms. The van der Waals surface area contributed by atoms with Crippen molar-refractivity contribution >= 4 is 17.1 Å². The second-order valence-electron chi connectivity index (χ2n) is 17.9. The third kappa shape index (κ3) is 6.32. The summed E-state index contributed by atoms with van der Waals surface area (Å²) < 4.78 is 0. The second-order valence-corrected chi connectivity index (χ2v) is 17.9. The van der Waals surface area contributed by atoms with Crippen molar-refractivity contribution in [2.24, 2.45) is 0 Å². The SMILES string of the molecule is c1ccc(-c2ccc(-c3ccc(N(c4ccccc4)c4cccc(-c5ccc6c(c5)-c5ccccc5-c5ccccc5C5(c7ccccc7-6)c6ccccc6-c6ccccc65)c4)cc3)cc2)cc1. The van der Waals surface area contributed by atoms with Crippen LogP contribution in [0.25, 0.3) is 77.9 Å². The summed E-state index contributed by atoms with van der Waals surface area (Å²) >= 11 is 0. The van der Waals surface area contributed by atoms with Crippen LogP contribution in [0.4, 0.5) is 17.1 Å². The Labute approximate surface area is 398 Å². The molecule has 1 heteroatoms. The van der Waals surface area contributed by atoms with E-state index in [1.165, 1.54) is 94.6 Å². The zero-order valence-corrected chi connectivity index (χ0v) is 37.4. The minimum atomic E-state index is -0.547. The highest BCUT2D eigenvalue weighted by Gasteiger charge is 2.48. The molecule has 1 nitrogen and oxygen atoms in total. The number of hydrogen-bond donors (Lipinski definition) is 0. The van der Waals surface area contributed by atoms with Crippen molar-refractivity contribution in [3.05, 3.63) is 295 Å². The Kier molecular flexibility index (Phi) is 9.47. The van der Waals surface area contributed by atoms with Crippen LogP contribution in [0.3, 0.4) is 0 Å². The van der Waals surface area contributed by atoms with Gasteiger partial charge in [0, 0.05) is 17.1 Å². The zero-order valence-electron chi connectivity index (χ0n) is 37.4. The normalized spacial score (nSPS) is 12.5. The first-order valence-corrected chi connectivity index (χ1v) is 23.6. The van der Waals surface area contributed by atoms with Crippen molar-refractivity contribution in [3.63, 3.8) is 0 Å². The number of nitrogens with zero attached hydrogens (tertiary/aromatic N) is 1. The first kappa shape index (κ1) is 39.6. The zero-order chi connectivity index (χ0) is 45.0. The lowest BCUT2D eigenvalue weighted by molar-refractivity contribution is 0.773. The van der Waals surface area contributed by atoms with Gasteiger partial charge in [0.25, 0.3) is 0 Å². The Hall–Kier alpha value is -8.78. The highest BCUT2D eigenvalue weighted by molar-refractivity contribution is 6.00. The lowest BCUT2D eigenvalue weighted by atomic mass is 9.64. The molecule has 0 heterocycles. The van der Waals surface area contributed by atoms with Crippen molar-refractivity contribution in [2.75, 3.05) is 4.90 Å². The molecule has 0 unspecified atom stereocenters. The maximum atomic E-state index is 2.44. The molecule has 0 radical (unpaired) electrons. The standard InChI is InChI=1S/C67H45N/c1-3-18-46(19-4-1)47-34-36-48(37-35-47)49-38-41-53(42-39-49)68(52-21-5-2-6-22-52)54-23-17-20-50(44-54)51-40-43-57-59-27-10-14-31-64(59)67(65-32-15-11-28-60(65)61-29-12-16-33-66(61)67)63-30-13-9-26-58(63)55-24-7-8-25-56(55)62(57)45-51/h1-45H. The van der Waals surface area contributed by atoms with Crippen molar-refractivity contribution in [2.45, 2.75) is 5.41 Å². The molecule has 0 aliphatic heterocycles. The monoisotopic (exact) mass is 863 g/mol. The predicted molar refractivity (Wildman–Crippen MR) is 285 cm³/mol. The molecular weight excluding hydrogens is 819 g/mol. The van der Waals surface area contributed by atoms with Crippen molar-refractivity contribution in [3.8, 4) is 77.9 Å². The van der Waals surface area contributed by atoms with E-state index >= 15 is 0 Å². The van der Waals surface area contributed by atoms with E-state index < -0.39 is 5.41 Å². The van der Waals surface area contributed by atoms with Crippen molar-refractivity contribution < 1.29 is 0 Å². The van der Waals surface area contributed by atoms with Crippen LogP contribution in [0.5, 0.6) is 0 Å². The first-order chi connectivity index (χ1) is 33.7. The molecule has 11 aromatic carbocycles. The summed E-state index contributed by atoms with van der Waals surface area (Å²) in [6, 6.07) is 101. The van der Waals surface area contributed by atoms with E-state index in [1.54, 1.807) is 0 Å². The summed E-state index contributed by atoms with van der Waals surface area (Å²) in [6.07, 6.45) is 0. The molecular formula is C67H45N. The van der Waals surface area contributed by atoms with Gasteiger partial charge in [0.05, 0.1) is 5.41 Å². The average molecular weight is 864 g/mol. The summed E-state index contributed by atoms with van der Waals surface area (Å²) in [5.74, 6) is 0.